The van der Waals surface area contributed by atoms with Crippen LogP contribution in [0.2, 0.25) is 0 Å². The molecule has 0 heterocycles. The molecule has 0 fully saturated rings. The van der Waals surface area contributed by atoms with Gasteiger partial charge in [0.05, 0.1) is 18.1 Å². The molecule has 0 saturated carbocycles. The summed E-state index contributed by atoms with van der Waals surface area (Å²) in [5.74, 6) is 0.233. The second-order valence-electron chi connectivity index (χ2n) is 6.10. The summed E-state index contributed by atoms with van der Waals surface area (Å²) in [5, 5.41) is 11.3. The van der Waals surface area contributed by atoms with Crippen LogP contribution >= 0.6 is 0 Å². The Morgan fingerprint density at radius 3 is 2.17 bits per heavy atom. The van der Waals surface area contributed by atoms with Gasteiger partial charge in [-0.25, -0.2) is 4.79 Å². The maximum absolute atomic E-state index is 12.1. The van der Waals surface area contributed by atoms with Crippen molar-refractivity contribution in [1.29, 1.82) is 5.26 Å². The number of ether oxygens (including phenoxy) is 2. The van der Waals surface area contributed by atoms with Crippen LogP contribution in [0.4, 0.5) is 5.69 Å². The molecular formula is C23H18N2O4. The number of benzene rings is 3. The molecule has 0 atom stereocenters. The lowest BCUT2D eigenvalue weighted by Crippen LogP contribution is -2.20. The third-order valence-electron chi connectivity index (χ3n) is 3.92. The van der Waals surface area contributed by atoms with Gasteiger partial charge in [-0.1, -0.05) is 30.3 Å². The van der Waals surface area contributed by atoms with Crippen LogP contribution in [0.25, 0.3) is 0 Å². The van der Waals surface area contributed by atoms with Crippen LogP contribution in [0.15, 0.2) is 78.9 Å². The highest BCUT2D eigenvalue weighted by Gasteiger charge is 2.11. The number of carbonyl (C=O) groups is 2. The van der Waals surface area contributed by atoms with Gasteiger partial charge in [-0.05, 0) is 54.1 Å². The van der Waals surface area contributed by atoms with Gasteiger partial charge in [0.1, 0.15) is 11.5 Å². The average molecular weight is 386 g/mol. The van der Waals surface area contributed by atoms with E-state index in [1.165, 1.54) is 0 Å². The van der Waals surface area contributed by atoms with Gasteiger partial charge in [0.2, 0.25) is 0 Å². The predicted octanol–water partition coefficient (Wildman–Crippen LogP) is 4.34. The van der Waals surface area contributed by atoms with Gasteiger partial charge in [-0.15, -0.1) is 0 Å². The summed E-state index contributed by atoms with van der Waals surface area (Å²) in [6, 6.07) is 24.7. The van der Waals surface area contributed by atoms with E-state index < -0.39 is 18.5 Å². The first-order valence-electron chi connectivity index (χ1n) is 8.90. The Morgan fingerprint density at radius 2 is 1.52 bits per heavy atom. The number of para-hydroxylation sites is 1. The molecule has 1 amide bonds. The summed E-state index contributed by atoms with van der Waals surface area (Å²) in [4.78, 5) is 24.1. The average Bonchev–Trinajstić information content (AvgIpc) is 2.75. The van der Waals surface area contributed by atoms with E-state index in [4.69, 9.17) is 14.7 Å². The Balaban J connectivity index is 1.48. The molecule has 0 unspecified atom stereocenters. The van der Waals surface area contributed by atoms with E-state index in [2.05, 4.69) is 11.4 Å². The number of nitrogens with zero attached hydrogens (tertiary/aromatic N) is 1. The summed E-state index contributed by atoms with van der Waals surface area (Å²) < 4.78 is 10.7. The summed E-state index contributed by atoms with van der Waals surface area (Å²) >= 11 is 0. The van der Waals surface area contributed by atoms with E-state index in [1.54, 1.807) is 48.5 Å². The second-order valence-corrected chi connectivity index (χ2v) is 6.10. The molecule has 3 aromatic rings. The molecule has 0 aliphatic heterocycles. The fraction of sp³-hybridized carbons (Fsp3) is 0.0870. The number of amides is 1. The first kappa shape index (κ1) is 19.6. The minimum absolute atomic E-state index is 0.307. The van der Waals surface area contributed by atoms with Crippen LogP contribution in [0.3, 0.4) is 0 Å². The van der Waals surface area contributed by atoms with Crippen molar-refractivity contribution >= 4 is 17.6 Å². The number of nitriles is 1. The third-order valence-corrected chi connectivity index (χ3v) is 3.92. The fourth-order valence-corrected chi connectivity index (χ4v) is 2.49. The number of rotatable bonds is 7. The normalized spacial score (nSPS) is 9.90. The molecule has 0 aliphatic rings. The summed E-state index contributed by atoms with van der Waals surface area (Å²) in [7, 11) is 0. The van der Waals surface area contributed by atoms with Gasteiger partial charge in [0, 0.05) is 5.69 Å². The van der Waals surface area contributed by atoms with E-state index >= 15 is 0 Å². The van der Waals surface area contributed by atoms with Gasteiger partial charge in [-0.3, -0.25) is 4.79 Å². The van der Waals surface area contributed by atoms with Crippen molar-refractivity contribution in [2.75, 3.05) is 11.9 Å². The first-order chi connectivity index (χ1) is 14.1. The Bertz CT molecular complexity index is 1010. The maximum Gasteiger partial charge on any atom is 0.338 e. The molecule has 6 nitrogen and oxygen atoms in total. The SMILES string of the molecule is N#CCc1ccc(NC(=O)COC(=O)c2ccc(Oc3ccccc3)cc2)cc1. The Morgan fingerprint density at radius 1 is 0.862 bits per heavy atom. The van der Waals surface area contributed by atoms with E-state index in [-0.39, 0.29) is 0 Å². The molecule has 0 aliphatic carbocycles. The lowest BCUT2D eigenvalue weighted by molar-refractivity contribution is -0.119. The topological polar surface area (TPSA) is 88.4 Å². The van der Waals surface area contributed by atoms with Crippen LogP contribution in [0.5, 0.6) is 11.5 Å². The number of anilines is 1. The summed E-state index contributed by atoms with van der Waals surface area (Å²) in [6.45, 7) is -0.402. The molecule has 3 rings (SSSR count). The molecule has 3 aromatic carbocycles. The first-order valence-corrected chi connectivity index (χ1v) is 8.90. The number of nitrogens with one attached hydrogen (secondary N) is 1. The zero-order valence-corrected chi connectivity index (χ0v) is 15.5. The van der Waals surface area contributed by atoms with Gasteiger partial charge in [0.25, 0.3) is 5.91 Å². The van der Waals surface area contributed by atoms with Gasteiger partial charge in [-0.2, -0.15) is 5.26 Å². The summed E-state index contributed by atoms with van der Waals surface area (Å²) in [6.07, 6.45) is 0.307. The van der Waals surface area contributed by atoms with Crippen molar-refractivity contribution in [2.24, 2.45) is 0 Å². The van der Waals surface area contributed by atoms with E-state index in [1.807, 2.05) is 30.3 Å². The number of hydrogen-bond acceptors (Lipinski definition) is 5. The fourth-order valence-electron chi connectivity index (χ4n) is 2.49. The van der Waals surface area contributed by atoms with Crippen molar-refractivity contribution in [2.45, 2.75) is 6.42 Å². The molecule has 0 aromatic heterocycles. The Labute approximate surface area is 168 Å². The van der Waals surface area contributed by atoms with Crippen LogP contribution in [0.1, 0.15) is 15.9 Å². The zero-order valence-electron chi connectivity index (χ0n) is 15.5. The minimum Gasteiger partial charge on any atom is -0.457 e. The van der Waals surface area contributed by atoms with Crippen molar-refractivity contribution < 1.29 is 19.1 Å². The minimum atomic E-state index is -0.601. The van der Waals surface area contributed by atoms with Gasteiger partial charge >= 0.3 is 5.97 Å². The highest BCUT2D eigenvalue weighted by atomic mass is 16.5. The number of hydrogen-bond donors (Lipinski definition) is 1. The third kappa shape index (κ3) is 5.94. The van der Waals surface area contributed by atoms with E-state index in [0.29, 0.717) is 29.2 Å². The van der Waals surface area contributed by atoms with Crippen LogP contribution in [-0.4, -0.2) is 18.5 Å². The largest absolute Gasteiger partial charge is 0.457 e. The lowest BCUT2D eigenvalue weighted by Gasteiger charge is -2.08. The maximum atomic E-state index is 12.1. The van der Waals surface area contributed by atoms with Crippen molar-refractivity contribution in [3.63, 3.8) is 0 Å². The standard InChI is InChI=1S/C23H18N2O4/c24-15-14-17-6-10-19(11-7-17)25-22(26)16-28-23(27)18-8-12-21(13-9-18)29-20-4-2-1-3-5-20/h1-13H,14,16H2,(H,25,26). The number of carbonyl (C=O) groups excluding carboxylic acids is 2. The Kier molecular flexibility index (Phi) is 6.58. The molecule has 6 heteroatoms. The van der Waals surface area contributed by atoms with Crippen LogP contribution in [-0.2, 0) is 16.0 Å². The quantitative estimate of drug-likeness (QED) is 0.610. The molecule has 0 saturated heterocycles. The monoisotopic (exact) mass is 386 g/mol. The molecule has 1 N–H and O–H groups in total. The lowest BCUT2D eigenvalue weighted by atomic mass is 10.1. The van der Waals surface area contributed by atoms with Crippen molar-refractivity contribution in [3.05, 3.63) is 90.0 Å². The summed E-state index contributed by atoms with van der Waals surface area (Å²) in [5.41, 5.74) is 1.74. The number of esters is 1. The van der Waals surface area contributed by atoms with Gasteiger partial charge in [0.15, 0.2) is 6.61 Å². The molecule has 29 heavy (non-hydrogen) atoms. The van der Waals surface area contributed by atoms with Crippen LogP contribution < -0.4 is 10.1 Å². The molecule has 0 radical (unpaired) electrons. The van der Waals surface area contributed by atoms with E-state index in [0.717, 1.165) is 5.56 Å². The molecule has 0 bridgehead atoms. The van der Waals surface area contributed by atoms with Gasteiger partial charge < -0.3 is 14.8 Å². The predicted molar refractivity (Wildman–Crippen MR) is 108 cm³/mol. The second kappa shape index (κ2) is 9.72. The highest BCUT2D eigenvalue weighted by Crippen LogP contribution is 2.21. The molecular weight excluding hydrogens is 368 g/mol. The molecule has 0 spiro atoms. The van der Waals surface area contributed by atoms with Crippen molar-refractivity contribution in [3.8, 4) is 17.6 Å². The smallest absolute Gasteiger partial charge is 0.338 e. The zero-order chi connectivity index (χ0) is 20.5. The molecule has 144 valence electrons. The van der Waals surface area contributed by atoms with E-state index in [9.17, 15) is 9.59 Å². The van der Waals surface area contributed by atoms with Crippen LogP contribution in [0, 0.1) is 11.3 Å². The van der Waals surface area contributed by atoms with Crippen molar-refractivity contribution in [1.82, 2.24) is 0 Å². The highest BCUT2D eigenvalue weighted by molar-refractivity contribution is 5.95. The Hall–Kier alpha value is -4.11.